The van der Waals surface area contributed by atoms with Gasteiger partial charge in [0.25, 0.3) is 5.91 Å². The van der Waals surface area contributed by atoms with Crippen molar-refractivity contribution in [3.8, 4) is 0 Å². The Morgan fingerprint density at radius 2 is 1.81 bits per heavy atom. The van der Waals surface area contributed by atoms with E-state index in [0.717, 1.165) is 38.5 Å². The van der Waals surface area contributed by atoms with Crippen LogP contribution in [0.4, 0.5) is 0 Å². The molecule has 0 radical (unpaired) electrons. The van der Waals surface area contributed by atoms with Crippen molar-refractivity contribution >= 4 is 27.5 Å². The minimum Gasteiger partial charge on any atom is -0.349 e. The van der Waals surface area contributed by atoms with Crippen LogP contribution in [0, 0.1) is 5.92 Å². The summed E-state index contributed by atoms with van der Waals surface area (Å²) in [7, 11) is -3.67. The Hall–Kier alpha value is -1.11. The molecule has 1 aliphatic carbocycles. The fraction of sp³-hybridized carbons (Fsp3) is 0.632. The van der Waals surface area contributed by atoms with Gasteiger partial charge >= 0.3 is 0 Å². The normalized spacial score (nSPS) is 25.0. The lowest BCUT2D eigenvalue weighted by molar-refractivity contribution is 0.0910. The predicted octanol–water partition coefficient (Wildman–Crippen LogP) is 3.82. The smallest absolute Gasteiger partial charge is 0.251 e. The van der Waals surface area contributed by atoms with E-state index in [0.29, 0.717) is 24.6 Å². The van der Waals surface area contributed by atoms with Gasteiger partial charge in [0, 0.05) is 24.7 Å². The van der Waals surface area contributed by atoms with Gasteiger partial charge in [0.05, 0.1) is 5.02 Å². The van der Waals surface area contributed by atoms with Crippen LogP contribution in [0.25, 0.3) is 0 Å². The van der Waals surface area contributed by atoms with Crippen LogP contribution in [0.1, 0.15) is 62.2 Å². The molecule has 1 heterocycles. The molecule has 0 bridgehead atoms. The van der Waals surface area contributed by atoms with E-state index >= 15 is 0 Å². The van der Waals surface area contributed by atoms with Crippen molar-refractivity contribution in [2.75, 3.05) is 13.1 Å². The molecule has 1 saturated carbocycles. The quantitative estimate of drug-likeness (QED) is 0.838. The summed E-state index contributed by atoms with van der Waals surface area (Å²) in [5, 5.41) is 3.24. The zero-order chi connectivity index (χ0) is 18.7. The number of benzene rings is 1. The van der Waals surface area contributed by atoms with Gasteiger partial charge in [-0.15, -0.1) is 0 Å². The zero-order valence-electron chi connectivity index (χ0n) is 15.2. The summed E-state index contributed by atoms with van der Waals surface area (Å²) in [5.41, 5.74) is 0.350. The third-order valence-corrected chi connectivity index (χ3v) is 7.93. The van der Waals surface area contributed by atoms with E-state index in [-0.39, 0.29) is 21.9 Å². The Morgan fingerprint density at radius 1 is 1.12 bits per heavy atom. The van der Waals surface area contributed by atoms with Gasteiger partial charge in [-0.25, -0.2) is 8.42 Å². The maximum absolute atomic E-state index is 12.9. The topological polar surface area (TPSA) is 66.5 Å². The van der Waals surface area contributed by atoms with Gasteiger partial charge in [-0.2, -0.15) is 4.31 Å². The Balaban J connectivity index is 1.81. The molecule has 2 atom stereocenters. The number of amides is 1. The number of carbonyl (C=O) groups excluding carboxylic acids is 1. The molecule has 1 amide bonds. The SMILES string of the molecule is C[C@@H]1CCCC[C@H]1NC(=O)c1ccc(Cl)c(S(=O)(=O)N2CCCCC2)c1. The number of hydrogen-bond donors (Lipinski definition) is 1. The van der Waals surface area contributed by atoms with Crippen molar-refractivity contribution in [3.05, 3.63) is 28.8 Å². The Labute approximate surface area is 161 Å². The number of rotatable bonds is 4. The fourth-order valence-corrected chi connectivity index (χ4v) is 5.89. The van der Waals surface area contributed by atoms with Crippen LogP contribution in [-0.2, 0) is 10.0 Å². The highest BCUT2D eigenvalue weighted by molar-refractivity contribution is 7.89. The summed E-state index contributed by atoms with van der Waals surface area (Å²) >= 11 is 6.18. The molecule has 0 unspecified atom stereocenters. The molecular weight excluding hydrogens is 372 g/mol. The van der Waals surface area contributed by atoms with E-state index in [2.05, 4.69) is 12.2 Å². The average Bonchev–Trinajstić information content (AvgIpc) is 2.64. The Morgan fingerprint density at radius 3 is 2.50 bits per heavy atom. The second-order valence-electron chi connectivity index (χ2n) is 7.45. The first-order valence-electron chi connectivity index (χ1n) is 9.50. The molecule has 7 heteroatoms. The van der Waals surface area contributed by atoms with Crippen molar-refractivity contribution in [1.29, 1.82) is 0 Å². The van der Waals surface area contributed by atoms with Gasteiger partial charge in [-0.3, -0.25) is 4.79 Å². The van der Waals surface area contributed by atoms with Crippen LogP contribution in [0.2, 0.25) is 5.02 Å². The largest absolute Gasteiger partial charge is 0.349 e. The first-order chi connectivity index (χ1) is 12.4. The standard InChI is InChI=1S/C19H27ClN2O3S/c1-14-7-3-4-8-17(14)21-19(23)15-9-10-16(20)18(13-15)26(24,25)22-11-5-2-6-12-22/h9-10,13-14,17H,2-8,11-12H2,1H3,(H,21,23)/t14-,17-/m1/s1. The first kappa shape index (κ1) is 19.6. The van der Waals surface area contributed by atoms with Gasteiger partial charge in [0.1, 0.15) is 4.90 Å². The summed E-state index contributed by atoms with van der Waals surface area (Å²) in [5.74, 6) is 0.215. The maximum Gasteiger partial charge on any atom is 0.251 e. The molecule has 1 saturated heterocycles. The fourth-order valence-electron chi connectivity index (χ4n) is 3.87. The van der Waals surface area contributed by atoms with Crippen molar-refractivity contribution < 1.29 is 13.2 Å². The van der Waals surface area contributed by atoms with Crippen molar-refractivity contribution in [2.24, 2.45) is 5.92 Å². The highest BCUT2D eigenvalue weighted by Gasteiger charge is 2.29. The molecule has 0 spiro atoms. The summed E-state index contributed by atoms with van der Waals surface area (Å²) in [6.45, 7) is 3.17. The second-order valence-corrected chi connectivity index (χ2v) is 9.77. The molecule has 2 aliphatic rings. The van der Waals surface area contributed by atoms with E-state index in [1.54, 1.807) is 6.07 Å². The molecule has 3 rings (SSSR count). The number of halogens is 1. The number of carbonyl (C=O) groups is 1. The number of nitrogens with one attached hydrogen (secondary N) is 1. The second kappa shape index (κ2) is 8.28. The molecule has 1 aromatic rings. The molecule has 5 nitrogen and oxygen atoms in total. The molecule has 1 N–H and O–H groups in total. The Bertz CT molecular complexity index is 760. The molecule has 0 aromatic heterocycles. The molecule has 144 valence electrons. The molecular formula is C19H27ClN2O3S. The van der Waals surface area contributed by atoms with Gasteiger partial charge < -0.3 is 5.32 Å². The van der Waals surface area contributed by atoms with Crippen LogP contribution in [0.3, 0.4) is 0 Å². The third kappa shape index (κ3) is 4.24. The molecule has 1 aliphatic heterocycles. The Kier molecular flexibility index (Phi) is 6.25. The minimum absolute atomic E-state index is 0.0328. The van der Waals surface area contributed by atoms with Crippen LogP contribution < -0.4 is 5.32 Å². The van der Waals surface area contributed by atoms with Gasteiger partial charge in [-0.05, 0) is 49.8 Å². The lowest BCUT2D eigenvalue weighted by atomic mass is 9.86. The number of sulfonamides is 1. The van der Waals surface area contributed by atoms with E-state index in [1.165, 1.54) is 22.9 Å². The van der Waals surface area contributed by atoms with Gasteiger partial charge in [0.15, 0.2) is 0 Å². The molecule has 2 fully saturated rings. The zero-order valence-corrected chi connectivity index (χ0v) is 16.8. The van der Waals surface area contributed by atoms with Crippen molar-refractivity contribution in [3.63, 3.8) is 0 Å². The van der Waals surface area contributed by atoms with Crippen LogP contribution >= 0.6 is 11.6 Å². The van der Waals surface area contributed by atoms with E-state index in [1.807, 2.05) is 0 Å². The van der Waals surface area contributed by atoms with Crippen molar-refractivity contribution in [2.45, 2.75) is 62.8 Å². The minimum atomic E-state index is -3.67. The molecule has 26 heavy (non-hydrogen) atoms. The van der Waals surface area contributed by atoms with Crippen LogP contribution in [-0.4, -0.2) is 37.8 Å². The van der Waals surface area contributed by atoms with Crippen molar-refractivity contribution in [1.82, 2.24) is 9.62 Å². The van der Waals surface area contributed by atoms with Gasteiger partial charge in [-0.1, -0.05) is 37.8 Å². The third-order valence-electron chi connectivity index (χ3n) is 5.55. The van der Waals surface area contributed by atoms with E-state index in [4.69, 9.17) is 11.6 Å². The molecule has 1 aromatic carbocycles. The number of piperidine rings is 1. The van der Waals surface area contributed by atoms with Crippen LogP contribution in [0.5, 0.6) is 0 Å². The summed E-state index contributed by atoms with van der Waals surface area (Å²) in [6, 6.07) is 4.68. The predicted molar refractivity (Wildman–Crippen MR) is 103 cm³/mol. The maximum atomic E-state index is 12.9. The highest BCUT2D eigenvalue weighted by atomic mass is 35.5. The van der Waals surface area contributed by atoms with Gasteiger partial charge in [0.2, 0.25) is 10.0 Å². The van der Waals surface area contributed by atoms with Crippen LogP contribution in [0.15, 0.2) is 23.1 Å². The number of hydrogen-bond acceptors (Lipinski definition) is 3. The summed E-state index contributed by atoms with van der Waals surface area (Å²) in [6.07, 6.45) is 7.16. The highest BCUT2D eigenvalue weighted by Crippen LogP contribution is 2.28. The lowest BCUT2D eigenvalue weighted by Gasteiger charge is -2.29. The monoisotopic (exact) mass is 398 g/mol. The number of nitrogens with zero attached hydrogens (tertiary/aromatic N) is 1. The first-order valence-corrected chi connectivity index (χ1v) is 11.3. The average molecular weight is 399 g/mol. The summed E-state index contributed by atoms with van der Waals surface area (Å²) in [4.78, 5) is 12.7. The lowest BCUT2D eigenvalue weighted by Crippen LogP contribution is -2.41. The van der Waals surface area contributed by atoms with E-state index < -0.39 is 10.0 Å². The summed E-state index contributed by atoms with van der Waals surface area (Å²) < 4.78 is 27.3. The van der Waals surface area contributed by atoms with E-state index in [9.17, 15) is 13.2 Å².